The lowest BCUT2D eigenvalue weighted by Gasteiger charge is -2.13. The third kappa shape index (κ3) is 4.10. The number of nitrogens with one attached hydrogen (secondary N) is 2. The van der Waals surface area contributed by atoms with E-state index in [1.165, 1.54) is 0 Å². The first-order chi connectivity index (χ1) is 15.9. The molecular formula is C23H28N8OS. The van der Waals surface area contributed by atoms with Gasteiger partial charge in [0.25, 0.3) is 0 Å². The predicted molar refractivity (Wildman–Crippen MR) is 130 cm³/mol. The molecule has 1 saturated heterocycles. The van der Waals surface area contributed by atoms with E-state index in [2.05, 4.69) is 42.5 Å². The van der Waals surface area contributed by atoms with Crippen LogP contribution in [0.3, 0.4) is 0 Å². The molecule has 10 heteroatoms. The summed E-state index contributed by atoms with van der Waals surface area (Å²) in [5, 5.41) is 12.3. The normalized spacial score (nSPS) is 16.2. The number of aryl methyl sites for hydroxylation is 2. The zero-order valence-corrected chi connectivity index (χ0v) is 20.1. The van der Waals surface area contributed by atoms with Crippen LogP contribution in [0, 0.1) is 6.92 Å². The van der Waals surface area contributed by atoms with Crippen molar-refractivity contribution >= 4 is 33.3 Å². The summed E-state index contributed by atoms with van der Waals surface area (Å²) in [6, 6.07) is 2.58. The van der Waals surface area contributed by atoms with Gasteiger partial charge >= 0.3 is 0 Å². The van der Waals surface area contributed by atoms with Crippen molar-refractivity contribution in [2.45, 2.75) is 52.1 Å². The number of imidazole rings is 1. The molecule has 0 aromatic carbocycles. The van der Waals surface area contributed by atoms with E-state index in [1.807, 2.05) is 28.7 Å². The van der Waals surface area contributed by atoms with Crippen molar-refractivity contribution in [3.05, 3.63) is 30.2 Å². The second-order valence-corrected chi connectivity index (χ2v) is 9.79. The Labute approximate surface area is 196 Å². The Morgan fingerprint density at radius 1 is 1.30 bits per heavy atom. The van der Waals surface area contributed by atoms with Crippen molar-refractivity contribution < 1.29 is 4.79 Å². The maximum atomic E-state index is 11.5. The second kappa shape index (κ2) is 8.58. The quantitative estimate of drug-likeness (QED) is 0.430. The number of carbonyl (C=O) groups excluding carboxylic acids is 1. The molecule has 0 radical (unpaired) electrons. The number of fused-ring (bicyclic) bond motifs is 1. The summed E-state index contributed by atoms with van der Waals surface area (Å²) in [6.45, 7) is 7.06. The maximum absolute atomic E-state index is 11.5. The van der Waals surface area contributed by atoms with E-state index in [0.29, 0.717) is 24.8 Å². The summed E-state index contributed by atoms with van der Waals surface area (Å²) < 4.78 is 3.89. The van der Waals surface area contributed by atoms with E-state index in [9.17, 15) is 4.79 Å². The van der Waals surface area contributed by atoms with E-state index < -0.39 is 0 Å². The number of amides is 1. The molecule has 5 heterocycles. The van der Waals surface area contributed by atoms with Crippen LogP contribution >= 0.6 is 11.3 Å². The van der Waals surface area contributed by atoms with E-state index in [4.69, 9.17) is 15.1 Å². The minimum absolute atomic E-state index is 0.139. The van der Waals surface area contributed by atoms with Crippen LogP contribution in [0.15, 0.2) is 24.7 Å². The Hall–Kier alpha value is -3.27. The lowest BCUT2D eigenvalue weighted by atomic mass is 10.1. The van der Waals surface area contributed by atoms with Gasteiger partial charge in [-0.3, -0.25) is 9.48 Å². The zero-order chi connectivity index (χ0) is 23.1. The highest BCUT2D eigenvalue weighted by Crippen LogP contribution is 2.40. The van der Waals surface area contributed by atoms with Gasteiger partial charge in [-0.25, -0.2) is 15.0 Å². The van der Waals surface area contributed by atoms with Gasteiger partial charge < -0.3 is 15.2 Å². The van der Waals surface area contributed by atoms with Crippen molar-refractivity contribution in [1.29, 1.82) is 0 Å². The Morgan fingerprint density at radius 2 is 2.15 bits per heavy atom. The molecule has 2 N–H and O–H groups in total. The molecule has 1 fully saturated rings. The minimum Gasteiger partial charge on any atom is -0.369 e. The Kier molecular flexibility index (Phi) is 5.61. The van der Waals surface area contributed by atoms with Gasteiger partial charge in [0.2, 0.25) is 5.91 Å². The highest BCUT2D eigenvalue weighted by Gasteiger charge is 2.23. The van der Waals surface area contributed by atoms with Crippen molar-refractivity contribution in [2.24, 2.45) is 7.05 Å². The largest absolute Gasteiger partial charge is 0.369 e. The van der Waals surface area contributed by atoms with Crippen molar-refractivity contribution in [3.8, 4) is 22.2 Å². The molecule has 1 aliphatic rings. The summed E-state index contributed by atoms with van der Waals surface area (Å²) in [7, 11) is 1.94. The first kappa shape index (κ1) is 21.6. The molecule has 0 saturated carbocycles. The molecule has 1 amide bonds. The first-order valence-corrected chi connectivity index (χ1v) is 12.1. The summed E-state index contributed by atoms with van der Waals surface area (Å²) >= 11 is 1.63. The Balaban J connectivity index is 1.54. The van der Waals surface area contributed by atoms with Gasteiger partial charge in [0.05, 0.1) is 10.3 Å². The average Bonchev–Trinajstić information content (AvgIpc) is 3.55. The molecule has 0 bridgehead atoms. The molecule has 4 aromatic rings. The number of nitrogens with zero attached hydrogens (tertiary/aromatic N) is 6. The van der Waals surface area contributed by atoms with Crippen molar-refractivity contribution in [2.75, 3.05) is 11.9 Å². The number of hydrogen-bond acceptors (Lipinski definition) is 7. The lowest BCUT2D eigenvalue weighted by molar-refractivity contribution is -0.119. The van der Waals surface area contributed by atoms with Gasteiger partial charge in [-0.05, 0) is 45.2 Å². The Bertz CT molecular complexity index is 1320. The summed E-state index contributed by atoms with van der Waals surface area (Å²) in [4.78, 5) is 27.7. The SMILES string of the molecule is Cc1c(-c2ccn(C(C)C)n2)sc2nc(-c3nccn3C)nc(NCCC3CCC(=O)N3)c12. The highest BCUT2D eigenvalue weighted by molar-refractivity contribution is 7.22. The fourth-order valence-electron chi connectivity index (χ4n) is 4.20. The number of rotatable bonds is 7. The molecule has 9 nitrogen and oxygen atoms in total. The first-order valence-electron chi connectivity index (χ1n) is 11.3. The van der Waals surface area contributed by atoms with E-state index in [-0.39, 0.29) is 11.9 Å². The van der Waals surface area contributed by atoms with E-state index >= 15 is 0 Å². The summed E-state index contributed by atoms with van der Waals surface area (Å²) in [5.74, 6) is 2.25. The molecule has 1 unspecified atom stereocenters. The van der Waals surface area contributed by atoms with Gasteiger partial charge in [-0.1, -0.05) is 0 Å². The number of anilines is 1. The average molecular weight is 465 g/mol. The number of carbonyl (C=O) groups is 1. The fourth-order valence-corrected chi connectivity index (χ4v) is 5.34. The van der Waals surface area contributed by atoms with Crippen LogP contribution in [0.4, 0.5) is 5.82 Å². The number of hydrogen-bond donors (Lipinski definition) is 2. The summed E-state index contributed by atoms with van der Waals surface area (Å²) in [5.41, 5.74) is 2.06. The molecular weight excluding hydrogens is 436 g/mol. The number of aromatic nitrogens is 6. The van der Waals surface area contributed by atoms with Gasteiger partial charge in [0.1, 0.15) is 16.3 Å². The minimum atomic E-state index is 0.139. The van der Waals surface area contributed by atoms with Crippen LogP contribution in [-0.4, -0.2) is 47.8 Å². The van der Waals surface area contributed by atoms with E-state index in [1.54, 1.807) is 17.5 Å². The molecule has 172 valence electrons. The second-order valence-electron chi connectivity index (χ2n) is 8.79. The monoisotopic (exact) mass is 464 g/mol. The standard InChI is InChI=1S/C23H28N8OS/c1-13(2)31-11-8-16(29-31)19-14(3)18-20(24-9-7-15-5-6-17(32)26-15)27-21(28-23(18)33-19)22-25-10-12-30(22)4/h8,10-13,15H,5-7,9H2,1-4H3,(H,26,32)(H,24,27,28). The van der Waals surface area contributed by atoms with Crippen LogP contribution in [-0.2, 0) is 11.8 Å². The van der Waals surface area contributed by atoms with Crippen LogP contribution in [0.2, 0.25) is 0 Å². The van der Waals surface area contributed by atoms with Crippen LogP contribution in [0.5, 0.6) is 0 Å². The van der Waals surface area contributed by atoms with Gasteiger partial charge in [-0.15, -0.1) is 11.3 Å². The third-order valence-electron chi connectivity index (χ3n) is 6.05. The van der Waals surface area contributed by atoms with Gasteiger partial charge in [0.15, 0.2) is 11.6 Å². The molecule has 0 aliphatic carbocycles. The molecule has 1 atom stereocenters. The molecule has 4 aromatic heterocycles. The molecule has 1 aliphatic heterocycles. The molecule has 0 spiro atoms. The van der Waals surface area contributed by atoms with Crippen LogP contribution in [0.1, 0.15) is 44.7 Å². The van der Waals surface area contributed by atoms with Crippen LogP contribution < -0.4 is 10.6 Å². The molecule has 33 heavy (non-hydrogen) atoms. The zero-order valence-electron chi connectivity index (χ0n) is 19.3. The van der Waals surface area contributed by atoms with Gasteiger partial charge in [0, 0.05) is 50.7 Å². The van der Waals surface area contributed by atoms with Crippen LogP contribution in [0.25, 0.3) is 32.4 Å². The smallest absolute Gasteiger partial charge is 0.220 e. The number of thiophene rings is 1. The third-order valence-corrected chi connectivity index (χ3v) is 7.26. The topological polar surface area (TPSA) is 103 Å². The fraction of sp³-hybridized carbons (Fsp3) is 0.435. The maximum Gasteiger partial charge on any atom is 0.220 e. The predicted octanol–water partition coefficient (Wildman–Crippen LogP) is 3.93. The summed E-state index contributed by atoms with van der Waals surface area (Å²) in [6.07, 6.45) is 8.01. The molecule has 5 rings (SSSR count). The Morgan fingerprint density at radius 3 is 2.82 bits per heavy atom. The van der Waals surface area contributed by atoms with Crippen molar-refractivity contribution in [1.82, 2.24) is 34.6 Å². The lowest BCUT2D eigenvalue weighted by Crippen LogP contribution is -2.27. The highest BCUT2D eigenvalue weighted by atomic mass is 32.1. The van der Waals surface area contributed by atoms with Gasteiger partial charge in [-0.2, -0.15) is 5.10 Å². The van der Waals surface area contributed by atoms with E-state index in [0.717, 1.165) is 50.8 Å². The van der Waals surface area contributed by atoms with Crippen molar-refractivity contribution in [3.63, 3.8) is 0 Å².